The van der Waals surface area contributed by atoms with E-state index in [9.17, 15) is 10.2 Å². The summed E-state index contributed by atoms with van der Waals surface area (Å²) in [6.45, 7) is 5.71. The molecule has 4 heteroatoms. The van der Waals surface area contributed by atoms with Gasteiger partial charge in [-0.3, -0.25) is 0 Å². The number of ether oxygens (including phenoxy) is 2. The molecule has 2 atom stereocenters. The lowest BCUT2D eigenvalue weighted by atomic mass is 9.93. The van der Waals surface area contributed by atoms with Gasteiger partial charge in [0.05, 0.1) is 11.7 Å². The highest BCUT2D eigenvalue weighted by molar-refractivity contribution is 5.32. The fraction of sp³-hybridized carbons (Fsp3) is 0.368. The van der Waals surface area contributed by atoms with Crippen LogP contribution in [0.25, 0.3) is 0 Å². The van der Waals surface area contributed by atoms with Crippen LogP contribution in [0.2, 0.25) is 0 Å². The van der Waals surface area contributed by atoms with E-state index < -0.39 is 5.60 Å². The minimum Gasteiger partial charge on any atom is -0.508 e. The summed E-state index contributed by atoms with van der Waals surface area (Å²) in [7, 11) is 0. The van der Waals surface area contributed by atoms with Crippen molar-refractivity contribution in [2.45, 2.75) is 38.9 Å². The molecule has 0 heterocycles. The maximum absolute atomic E-state index is 10.3. The Morgan fingerprint density at radius 2 is 1.87 bits per heavy atom. The van der Waals surface area contributed by atoms with E-state index >= 15 is 0 Å². The fourth-order valence-corrected chi connectivity index (χ4v) is 2.20. The number of hydrogen-bond donors (Lipinski definition) is 2. The van der Waals surface area contributed by atoms with Crippen LogP contribution in [0.5, 0.6) is 11.5 Å². The van der Waals surface area contributed by atoms with E-state index in [-0.39, 0.29) is 18.6 Å². The van der Waals surface area contributed by atoms with Crippen LogP contribution in [0.4, 0.5) is 0 Å². The lowest BCUT2D eigenvalue weighted by Crippen LogP contribution is -2.19. The number of benzene rings is 2. The van der Waals surface area contributed by atoms with Crippen molar-refractivity contribution >= 4 is 0 Å². The Labute approximate surface area is 137 Å². The molecule has 2 unspecified atom stereocenters. The van der Waals surface area contributed by atoms with Crippen LogP contribution in [0.1, 0.15) is 44.4 Å². The zero-order chi connectivity index (χ0) is 16.9. The molecule has 2 aromatic carbocycles. The second-order valence-electron chi connectivity index (χ2n) is 5.82. The highest BCUT2D eigenvalue weighted by Gasteiger charge is 2.20. The number of rotatable bonds is 7. The first kappa shape index (κ1) is 17.3. The average Bonchev–Trinajstić information content (AvgIpc) is 2.55. The molecule has 0 aliphatic carbocycles. The summed E-state index contributed by atoms with van der Waals surface area (Å²) < 4.78 is 11.3. The number of phenols is 1. The van der Waals surface area contributed by atoms with Gasteiger partial charge in [0.25, 0.3) is 0 Å². The molecule has 0 saturated heterocycles. The van der Waals surface area contributed by atoms with Gasteiger partial charge in [0.2, 0.25) is 0 Å². The zero-order valence-electron chi connectivity index (χ0n) is 13.8. The third-order valence-electron chi connectivity index (χ3n) is 4.03. The van der Waals surface area contributed by atoms with Gasteiger partial charge in [-0.1, -0.05) is 31.2 Å². The Bertz CT molecular complexity index is 637. The average molecular weight is 316 g/mol. The van der Waals surface area contributed by atoms with Crippen molar-refractivity contribution in [1.29, 1.82) is 0 Å². The van der Waals surface area contributed by atoms with E-state index in [0.29, 0.717) is 12.2 Å². The van der Waals surface area contributed by atoms with E-state index in [0.717, 1.165) is 11.1 Å². The van der Waals surface area contributed by atoms with Crippen LogP contribution >= 0.6 is 0 Å². The van der Waals surface area contributed by atoms with E-state index in [2.05, 4.69) is 0 Å². The molecule has 0 aliphatic heterocycles. The number of hydrogen-bond acceptors (Lipinski definition) is 4. The molecule has 0 amide bonds. The van der Waals surface area contributed by atoms with Gasteiger partial charge in [-0.15, -0.1) is 0 Å². The molecule has 0 bridgehead atoms. The van der Waals surface area contributed by atoms with Crippen molar-refractivity contribution in [3.63, 3.8) is 0 Å². The van der Waals surface area contributed by atoms with Gasteiger partial charge in [-0.25, -0.2) is 0 Å². The van der Waals surface area contributed by atoms with Crippen LogP contribution in [-0.2, 0) is 10.3 Å². The van der Waals surface area contributed by atoms with Gasteiger partial charge in [-0.2, -0.15) is 0 Å². The Balaban J connectivity index is 1.93. The molecular formula is C19H24O4. The number of phenolic OH excluding ortho intramolecular Hbond substituents is 1. The Hall–Kier alpha value is -2.04. The van der Waals surface area contributed by atoms with Crippen molar-refractivity contribution in [3.8, 4) is 11.5 Å². The van der Waals surface area contributed by atoms with Crippen LogP contribution in [0, 0.1) is 0 Å². The lowest BCUT2D eigenvalue weighted by Gasteiger charge is -2.22. The molecule has 2 rings (SSSR count). The second kappa shape index (κ2) is 7.49. The summed E-state index contributed by atoms with van der Waals surface area (Å²) in [5.74, 6) is 0.868. The molecule has 0 aromatic heterocycles. The Kier molecular flexibility index (Phi) is 5.64. The predicted octanol–water partition coefficient (Wildman–Crippen LogP) is 4.12. The van der Waals surface area contributed by atoms with Crippen LogP contribution in [0.3, 0.4) is 0 Å². The maximum atomic E-state index is 10.3. The molecule has 0 aliphatic rings. The summed E-state index contributed by atoms with van der Waals surface area (Å²) in [6, 6.07) is 14.4. The minimum atomic E-state index is -0.866. The van der Waals surface area contributed by atoms with E-state index in [4.69, 9.17) is 9.47 Å². The molecule has 2 N–H and O–H groups in total. The maximum Gasteiger partial charge on any atom is 0.189 e. The van der Waals surface area contributed by atoms with Crippen molar-refractivity contribution in [3.05, 3.63) is 59.7 Å². The highest BCUT2D eigenvalue weighted by Crippen LogP contribution is 2.27. The first-order chi connectivity index (χ1) is 10.9. The SMILES string of the molecule is CCC(C)(O)c1cccc(OCOC(C)c2cccc(O)c2)c1. The third-order valence-corrected chi connectivity index (χ3v) is 4.03. The summed E-state index contributed by atoms with van der Waals surface area (Å²) in [5.41, 5.74) is 0.838. The van der Waals surface area contributed by atoms with Gasteiger partial charge >= 0.3 is 0 Å². The lowest BCUT2D eigenvalue weighted by molar-refractivity contribution is -0.0297. The van der Waals surface area contributed by atoms with Gasteiger partial charge in [0, 0.05) is 0 Å². The first-order valence-corrected chi connectivity index (χ1v) is 7.78. The second-order valence-corrected chi connectivity index (χ2v) is 5.82. The van der Waals surface area contributed by atoms with E-state index in [1.807, 2.05) is 44.2 Å². The molecule has 0 spiro atoms. The number of aromatic hydroxyl groups is 1. The van der Waals surface area contributed by atoms with Crippen molar-refractivity contribution in [2.24, 2.45) is 0 Å². The standard InChI is InChI=1S/C19H24O4/c1-4-19(3,21)16-8-6-10-18(12-16)23-13-22-14(2)15-7-5-9-17(20)11-15/h5-12,14,20-21H,4,13H2,1-3H3. The topological polar surface area (TPSA) is 58.9 Å². The molecule has 23 heavy (non-hydrogen) atoms. The monoisotopic (exact) mass is 316 g/mol. The highest BCUT2D eigenvalue weighted by atomic mass is 16.7. The molecule has 4 nitrogen and oxygen atoms in total. The quantitative estimate of drug-likeness (QED) is 0.754. The summed E-state index contributed by atoms with van der Waals surface area (Å²) >= 11 is 0. The summed E-state index contributed by atoms with van der Waals surface area (Å²) in [5, 5.41) is 19.8. The molecule has 0 fully saturated rings. The van der Waals surface area contributed by atoms with Crippen LogP contribution in [-0.4, -0.2) is 17.0 Å². The Morgan fingerprint density at radius 1 is 1.13 bits per heavy atom. The summed E-state index contributed by atoms with van der Waals surface area (Å²) in [4.78, 5) is 0. The minimum absolute atomic E-state index is 0.0918. The zero-order valence-corrected chi connectivity index (χ0v) is 13.8. The van der Waals surface area contributed by atoms with Gasteiger partial charge in [0.15, 0.2) is 6.79 Å². The molecule has 124 valence electrons. The van der Waals surface area contributed by atoms with Crippen molar-refractivity contribution in [2.75, 3.05) is 6.79 Å². The van der Waals surface area contributed by atoms with Crippen molar-refractivity contribution in [1.82, 2.24) is 0 Å². The smallest absolute Gasteiger partial charge is 0.189 e. The molecule has 0 saturated carbocycles. The first-order valence-electron chi connectivity index (χ1n) is 7.78. The molecule has 0 radical (unpaired) electrons. The molecule has 2 aromatic rings. The van der Waals surface area contributed by atoms with Gasteiger partial charge in [-0.05, 0) is 55.7 Å². The predicted molar refractivity (Wildman–Crippen MR) is 89.4 cm³/mol. The van der Waals surface area contributed by atoms with E-state index in [1.54, 1.807) is 25.1 Å². The fourth-order valence-electron chi connectivity index (χ4n) is 2.20. The Morgan fingerprint density at radius 3 is 2.57 bits per heavy atom. The largest absolute Gasteiger partial charge is 0.508 e. The van der Waals surface area contributed by atoms with Crippen LogP contribution in [0.15, 0.2) is 48.5 Å². The van der Waals surface area contributed by atoms with Crippen LogP contribution < -0.4 is 4.74 Å². The normalized spacial score (nSPS) is 15.0. The summed E-state index contributed by atoms with van der Waals surface area (Å²) in [6.07, 6.45) is 0.436. The van der Waals surface area contributed by atoms with Gasteiger partial charge in [0.1, 0.15) is 11.5 Å². The van der Waals surface area contributed by atoms with E-state index in [1.165, 1.54) is 0 Å². The van der Waals surface area contributed by atoms with Gasteiger partial charge < -0.3 is 19.7 Å². The third kappa shape index (κ3) is 4.71. The van der Waals surface area contributed by atoms with Crippen molar-refractivity contribution < 1.29 is 19.7 Å². The number of aliphatic hydroxyl groups is 1. The molecular weight excluding hydrogens is 292 g/mol.